The molecule has 0 atom stereocenters. The van der Waals surface area contributed by atoms with Crippen molar-refractivity contribution in [2.75, 3.05) is 0 Å². The highest BCUT2D eigenvalue weighted by molar-refractivity contribution is 9.10. The van der Waals surface area contributed by atoms with Crippen molar-refractivity contribution in [1.29, 1.82) is 0 Å². The van der Waals surface area contributed by atoms with Crippen LogP contribution in [0.3, 0.4) is 0 Å². The standard InChI is InChI=1S/C12H6BrFS/c13-7-3-1-5-9-11(7)12-8(14)4-2-6-10(12)15-9/h1-6H. The molecule has 0 fully saturated rings. The van der Waals surface area contributed by atoms with Gasteiger partial charge in [-0.15, -0.1) is 11.3 Å². The normalized spacial score (nSPS) is 11.3. The summed E-state index contributed by atoms with van der Waals surface area (Å²) in [5.74, 6) is -0.148. The van der Waals surface area contributed by atoms with Gasteiger partial charge in [-0.3, -0.25) is 0 Å². The van der Waals surface area contributed by atoms with E-state index in [4.69, 9.17) is 0 Å². The quantitative estimate of drug-likeness (QED) is 0.546. The third-order valence-corrected chi connectivity index (χ3v) is 4.20. The van der Waals surface area contributed by atoms with E-state index in [1.165, 1.54) is 6.07 Å². The SMILES string of the molecule is Fc1cccc2sc3cccc(Br)c3c12. The summed E-state index contributed by atoms with van der Waals surface area (Å²) in [6.45, 7) is 0. The Kier molecular flexibility index (Phi) is 2.04. The van der Waals surface area contributed by atoms with E-state index in [9.17, 15) is 4.39 Å². The van der Waals surface area contributed by atoms with Crippen LogP contribution in [0.2, 0.25) is 0 Å². The van der Waals surface area contributed by atoms with Gasteiger partial charge in [0.2, 0.25) is 0 Å². The molecule has 0 radical (unpaired) electrons. The molecule has 0 saturated heterocycles. The first kappa shape index (κ1) is 9.31. The number of hydrogen-bond acceptors (Lipinski definition) is 1. The topological polar surface area (TPSA) is 0 Å². The Balaban J connectivity index is 2.67. The van der Waals surface area contributed by atoms with Gasteiger partial charge in [-0.25, -0.2) is 4.39 Å². The Morgan fingerprint density at radius 2 is 1.60 bits per heavy atom. The molecule has 2 aromatic carbocycles. The maximum Gasteiger partial charge on any atom is 0.132 e. The lowest BCUT2D eigenvalue weighted by Crippen LogP contribution is -1.75. The summed E-state index contributed by atoms with van der Waals surface area (Å²) in [5.41, 5.74) is 0. The fraction of sp³-hybridized carbons (Fsp3) is 0. The van der Waals surface area contributed by atoms with E-state index in [0.29, 0.717) is 0 Å². The molecule has 0 bridgehead atoms. The summed E-state index contributed by atoms with van der Waals surface area (Å²) in [5, 5.41) is 1.71. The van der Waals surface area contributed by atoms with Crippen molar-refractivity contribution in [3.63, 3.8) is 0 Å². The lowest BCUT2D eigenvalue weighted by molar-refractivity contribution is 0.641. The Labute approximate surface area is 98.5 Å². The Bertz CT molecular complexity index is 601. The van der Waals surface area contributed by atoms with Gasteiger partial charge < -0.3 is 0 Å². The average Bonchev–Trinajstić information content (AvgIpc) is 2.58. The molecule has 0 nitrogen and oxygen atoms in total. The maximum absolute atomic E-state index is 13.7. The van der Waals surface area contributed by atoms with E-state index in [-0.39, 0.29) is 5.82 Å². The molecule has 0 amide bonds. The van der Waals surface area contributed by atoms with Crippen LogP contribution in [0.1, 0.15) is 0 Å². The molecule has 0 spiro atoms. The monoisotopic (exact) mass is 280 g/mol. The van der Waals surface area contributed by atoms with Crippen LogP contribution in [0.5, 0.6) is 0 Å². The van der Waals surface area contributed by atoms with Crippen LogP contribution in [0.25, 0.3) is 20.2 Å². The molecule has 74 valence electrons. The van der Waals surface area contributed by atoms with Gasteiger partial charge in [0.05, 0.1) is 0 Å². The van der Waals surface area contributed by atoms with Crippen molar-refractivity contribution < 1.29 is 4.39 Å². The highest BCUT2D eigenvalue weighted by atomic mass is 79.9. The second-order valence-electron chi connectivity index (χ2n) is 3.33. The molecular formula is C12H6BrFS. The van der Waals surface area contributed by atoms with Crippen molar-refractivity contribution in [2.45, 2.75) is 0 Å². The van der Waals surface area contributed by atoms with Gasteiger partial charge in [0.15, 0.2) is 0 Å². The van der Waals surface area contributed by atoms with E-state index in [1.54, 1.807) is 17.4 Å². The Morgan fingerprint density at radius 3 is 2.40 bits per heavy atom. The largest absolute Gasteiger partial charge is 0.206 e. The minimum Gasteiger partial charge on any atom is -0.206 e. The van der Waals surface area contributed by atoms with Crippen molar-refractivity contribution in [3.8, 4) is 0 Å². The molecule has 3 heteroatoms. The van der Waals surface area contributed by atoms with Gasteiger partial charge in [-0.2, -0.15) is 0 Å². The molecule has 1 heterocycles. The lowest BCUT2D eigenvalue weighted by Gasteiger charge is -1.95. The second kappa shape index (κ2) is 3.29. The van der Waals surface area contributed by atoms with Crippen molar-refractivity contribution in [1.82, 2.24) is 0 Å². The Hall–Kier alpha value is -0.930. The summed E-state index contributed by atoms with van der Waals surface area (Å²) in [6.07, 6.45) is 0. The zero-order valence-corrected chi connectivity index (χ0v) is 10.0. The minimum absolute atomic E-state index is 0.148. The molecule has 3 aromatic rings. The Morgan fingerprint density at radius 1 is 0.933 bits per heavy atom. The number of rotatable bonds is 0. The van der Waals surface area contributed by atoms with Crippen LogP contribution in [-0.2, 0) is 0 Å². The molecule has 0 N–H and O–H groups in total. The van der Waals surface area contributed by atoms with E-state index >= 15 is 0 Å². The molecule has 0 aliphatic rings. The van der Waals surface area contributed by atoms with Gasteiger partial charge >= 0.3 is 0 Å². The lowest BCUT2D eigenvalue weighted by atomic mass is 10.1. The first-order valence-electron chi connectivity index (χ1n) is 4.52. The van der Waals surface area contributed by atoms with Gasteiger partial charge in [-0.1, -0.05) is 28.1 Å². The maximum atomic E-state index is 13.7. The molecule has 0 saturated carbocycles. The van der Waals surface area contributed by atoms with E-state index < -0.39 is 0 Å². The van der Waals surface area contributed by atoms with E-state index in [0.717, 1.165) is 24.6 Å². The number of fused-ring (bicyclic) bond motifs is 3. The minimum atomic E-state index is -0.148. The van der Waals surface area contributed by atoms with Gasteiger partial charge in [-0.05, 0) is 24.3 Å². The highest BCUT2D eigenvalue weighted by Crippen LogP contribution is 2.38. The van der Waals surface area contributed by atoms with Crippen LogP contribution >= 0.6 is 27.3 Å². The zero-order chi connectivity index (χ0) is 10.4. The highest BCUT2D eigenvalue weighted by Gasteiger charge is 2.10. The summed E-state index contributed by atoms with van der Waals surface area (Å²) < 4.78 is 16.8. The fourth-order valence-corrected chi connectivity index (χ4v) is 3.62. The van der Waals surface area contributed by atoms with Crippen LogP contribution in [0, 0.1) is 5.82 Å². The van der Waals surface area contributed by atoms with Gasteiger partial charge in [0, 0.05) is 24.6 Å². The molecule has 0 aliphatic heterocycles. The van der Waals surface area contributed by atoms with E-state index in [1.807, 2.05) is 24.3 Å². The van der Waals surface area contributed by atoms with Crippen LogP contribution in [0.4, 0.5) is 4.39 Å². The summed E-state index contributed by atoms with van der Waals surface area (Å²) in [6, 6.07) is 11.1. The van der Waals surface area contributed by atoms with E-state index in [2.05, 4.69) is 15.9 Å². The third kappa shape index (κ3) is 1.30. The average molecular weight is 281 g/mol. The molecular weight excluding hydrogens is 275 g/mol. The molecule has 3 rings (SSSR count). The van der Waals surface area contributed by atoms with Crippen LogP contribution in [-0.4, -0.2) is 0 Å². The second-order valence-corrected chi connectivity index (χ2v) is 5.27. The van der Waals surface area contributed by atoms with Crippen LogP contribution in [0.15, 0.2) is 40.9 Å². The summed E-state index contributed by atoms with van der Waals surface area (Å²) >= 11 is 5.09. The molecule has 0 unspecified atom stereocenters. The first-order chi connectivity index (χ1) is 7.27. The molecule has 15 heavy (non-hydrogen) atoms. The number of hydrogen-bond donors (Lipinski definition) is 0. The van der Waals surface area contributed by atoms with Gasteiger partial charge in [0.25, 0.3) is 0 Å². The first-order valence-corrected chi connectivity index (χ1v) is 6.13. The van der Waals surface area contributed by atoms with Crippen LogP contribution < -0.4 is 0 Å². The number of halogens is 2. The van der Waals surface area contributed by atoms with Crippen molar-refractivity contribution in [2.24, 2.45) is 0 Å². The molecule has 1 aromatic heterocycles. The van der Waals surface area contributed by atoms with Crippen molar-refractivity contribution >= 4 is 47.4 Å². The summed E-state index contributed by atoms with van der Waals surface area (Å²) in [7, 11) is 0. The number of thiophene rings is 1. The van der Waals surface area contributed by atoms with Gasteiger partial charge in [0.1, 0.15) is 5.82 Å². The van der Waals surface area contributed by atoms with Crippen molar-refractivity contribution in [3.05, 3.63) is 46.7 Å². The predicted molar refractivity (Wildman–Crippen MR) is 67.0 cm³/mol. The smallest absolute Gasteiger partial charge is 0.132 e. The third-order valence-electron chi connectivity index (χ3n) is 2.42. The summed E-state index contributed by atoms with van der Waals surface area (Å²) in [4.78, 5) is 0. The fourth-order valence-electron chi connectivity index (χ4n) is 1.78. The zero-order valence-electron chi connectivity index (χ0n) is 7.63. The number of benzene rings is 2. The predicted octanol–water partition coefficient (Wildman–Crippen LogP) is 4.96. The molecule has 0 aliphatic carbocycles.